The monoisotopic (exact) mass is 575 g/mol. The summed E-state index contributed by atoms with van der Waals surface area (Å²) in [5, 5.41) is 3.31. The summed E-state index contributed by atoms with van der Waals surface area (Å²) in [6.07, 6.45) is 10.2. The van der Waals surface area contributed by atoms with Gasteiger partial charge in [0.15, 0.2) is 5.78 Å². The average Bonchev–Trinajstić information content (AvgIpc) is 3.29. The van der Waals surface area contributed by atoms with Crippen LogP contribution in [0.15, 0.2) is 42.1 Å². The normalized spacial score (nSPS) is 34.0. The van der Waals surface area contributed by atoms with E-state index in [1.165, 1.54) is 12.8 Å². The van der Waals surface area contributed by atoms with Gasteiger partial charge in [-0.15, -0.1) is 4.48 Å². The maximum atomic E-state index is 15.1. The van der Waals surface area contributed by atoms with Gasteiger partial charge in [-0.1, -0.05) is 65.3 Å². The topological polar surface area (TPSA) is 72.5 Å². The molecule has 1 aromatic rings. The fourth-order valence-corrected chi connectivity index (χ4v) is 8.89. The molecule has 2 saturated carbocycles. The zero-order valence-corrected chi connectivity index (χ0v) is 27.2. The number of nitrogens with one attached hydrogen (secondary N) is 1. The molecule has 1 N–H and O–H groups in total. The Hall–Kier alpha value is -2.73. The molecule has 4 aliphatic rings. The predicted octanol–water partition coefficient (Wildman–Crippen LogP) is 9.09. The van der Waals surface area contributed by atoms with Gasteiger partial charge < -0.3 is 4.74 Å². The molecule has 3 amide bonds. The molecule has 3 fully saturated rings. The van der Waals surface area contributed by atoms with E-state index >= 15 is 4.79 Å². The molecule has 1 aliphatic heterocycles. The molecule has 0 aromatic heterocycles. The van der Waals surface area contributed by atoms with Gasteiger partial charge in [-0.05, 0) is 99.7 Å². The minimum atomic E-state index is -0.807. The van der Waals surface area contributed by atoms with Crippen LogP contribution in [0.3, 0.4) is 0 Å². The zero-order chi connectivity index (χ0) is 30.8. The van der Waals surface area contributed by atoms with Crippen molar-refractivity contribution in [2.45, 2.75) is 112 Å². The minimum absolute atomic E-state index is 0.148. The first-order valence-corrected chi connectivity index (χ1v) is 16.1. The highest BCUT2D eigenvalue weighted by Gasteiger charge is 2.68. The number of amides is 3. The maximum absolute atomic E-state index is 15.1. The molecule has 6 heteroatoms. The van der Waals surface area contributed by atoms with Crippen LogP contribution < -0.4 is 5.32 Å². The van der Waals surface area contributed by atoms with Crippen LogP contribution in [0.25, 0.3) is 0 Å². The van der Waals surface area contributed by atoms with E-state index in [-0.39, 0.29) is 34.9 Å². The highest BCUT2D eigenvalue weighted by Crippen LogP contribution is 2.64. The molecule has 1 aromatic carbocycles. The van der Waals surface area contributed by atoms with Gasteiger partial charge in [0.25, 0.3) is 0 Å². The third-order valence-corrected chi connectivity index (χ3v) is 11.0. The summed E-state index contributed by atoms with van der Waals surface area (Å²) in [5.41, 5.74) is 2.17. The van der Waals surface area contributed by atoms with Gasteiger partial charge in [0.2, 0.25) is 0 Å². The Morgan fingerprint density at radius 1 is 1.00 bits per heavy atom. The van der Waals surface area contributed by atoms with Crippen molar-refractivity contribution in [3.8, 4) is 0 Å². The Labute approximate surface area is 252 Å². The Morgan fingerprint density at radius 2 is 1.64 bits per heavy atom. The molecule has 5 rings (SSSR count). The number of anilines is 1. The molecule has 0 bridgehead atoms. The molecular formula is C36H51N2O4+. The number of urea groups is 1. The van der Waals surface area contributed by atoms with Crippen LogP contribution in [-0.2, 0) is 9.53 Å². The van der Waals surface area contributed by atoms with Gasteiger partial charge in [-0.3, -0.25) is 10.1 Å². The van der Waals surface area contributed by atoms with Crippen molar-refractivity contribution >= 4 is 23.6 Å². The smallest absolute Gasteiger partial charge is 0.414 e. The van der Waals surface area contributed by atoms with Crippen molar-refractivity contribution in [2.75, 3.05) is 11.9 Å². The lowest BCUT2D eigenvalue weighted by Gasteiger charge is -2.58. The van der Waals surface area contributed by atoms with E-state index in [1.54, 1.807) is 12.2 Å². The molecule has 1 unspecified atom stereocenters. The van der Waals surface area contributed by atoms with Crippen molar-refractivity contribution in [3.05, 3.63) is 53.3 Å². The van der Waals surface area contributed by atoms with Crippen molar-refractivity contribution < 1.29 is 23.6 Å². The molecule has 0 radical (unpaired) electrons. The highest BCUT2D eigenvalue weighted by molar-refractivity contribution is 6.02. The fraction of sp³-hybridized carbons (Fsp3) is 0.639. The quantitative estimate of drug-likeness (QED) is 0.365. The SMILES string of the molecule is CC(C)c1cccc(C(C)C)c1NC(=O)[N+]1(C(=O)OC(C)(C)C)C[C@H]2[C@@H]3CCC[C@@]3(C)CC[C@@H]2[C@@]2(C)C=CC(=O)C=C21. The number of rotatable bonds is 3. The average molecular weight is 576 g/mol. The summed E-state index contributed by atoms with van der Waals surface area (Å²) in [6.45, 7) is 18.8. The summed E-state index contributed by atoms with van der Waals surface area (Å²) >= 11 is 0. The second-order valence-electron chi connectivity index (χ2n) is 15.5. The van der Waals surface area contributed by atoms with E-state index in [0.717, 1.165) is 36.1 Å². The number of hydrogen-bond acceptors (Lipinski definition) is 4. The number of imide groups is 1. The Balaban J connectivity index is 1.73. The molecule has 6 nitrogen and oxygen atoms in total. The van der Waals surface area contributed by atoms with Crippen LogP contribution in [0.4, 0.5) is 15.3 Å². The standard InChI is InChI=1S/C36H50N2O4/c1-22(2)25-12-10-13-26(23(3)4)31(25)37-32(40)38(33(41)42-34(5,6)7)21-27-28-14-11-17-35(28,8)18-16-29(27)36(9)19-15-24(39)20-30(36)38/h10,12-13,15,19-20,22-23,27-29H,11,14,16-18,21H2,1-9H3/p+1/t27-,28-,29-,35-,36+,38?/m0/s1. The zero-order valence-electron chi connectivity index (χ0n) is 27.2. The van der Waals surface area contributed by atoms with Crippen LogP contribution in [0.1, 0.15) is 117 Å². The summed E-state index contributed by atoms with van der Waals surface area (Å²) in [6, 6.07) is 5.72. The summed E-state index contributed by atoms with van der Waals surface area (Å²) in [7, 11) is 0. The molecule has 3 aliphatic carbocycles. The number of ether oxygens (including phenoxy) is 1. The molecule has 1 saturated heterocycles. The van der Waals surface area contributed by atoms with Gasteiger partial charge in [-0.25, -0.2) is 4.79 Å². The van der Waals surface area contributed by atoms with Gasteiger partial charge in [0.05, 0.1) is 11.1 Å². The lowest BCUT2D eigenvalue weighted by molar-refractivity contribution is -0.758. The number of fused-ring (bicyclic) bond motifs is 5. The number of nitrogens with zero attached hydrogens (tertiary/aromatic N) is 1. The fourth-order valence-electron chi connectivity index (χ4n) is 8.89. The first-order chi connectivity index (χ1) is 19.5. The molecule has 42 heavy (non-hydrogen) atoms. The van der Waals surface area contributed by atoms with Gasteiger partial charge in [0.1, 0.15) is 17.8 Å². The molecular weight excluding hydrogens is 524 g/mol. The van der Waals surface area contributed by atoms with Crippen molar-refractivity contribution in [2.24, 2.45) is 28.6 Å². The third-order valence-electron chi connectivity index (χ3n) is 11.0. The second kappa shape index (κ2) is 10.5. The Morgan fingerprint density at radius 3 is 2.24 bits per heavy atom. The van der Waals surface area contributed by atoms with Crippen LogP contribution >= 0.6 is 0 Å². The van der Waals surface area contributed by atoms with Gasteiger partial charge >= 0.3 is 12.1 Å². The summed E-state index contributed by atoms with van der Waals surface area (Å²) in [5.74, 6) is 0.963. The van der Waals surface area contributed by atoms with Crippen molar-refractivity contribution in [1.82, 2.24) is 0 Å². The van der Waals surface area contributed by atoms with Gasteiger partial charge in [0, 0.05) is 12.0 Å². The molecule has 6 atom stereocenters. The van der Waals surface area contributed by atoms with E-state index in [0.29, 0.717) is 18.2 Å². The van der Waals surface area contributed by atoms with Crippen LogP contribution in [0, 0.1) is 28.6 Å². The van der Waals surface area contributed by atoms with Gasteiger partial charge in [-0.2, -0.15) is 4.79 Å². The molecule has 0 spiro atoms. The minimum Gasteiger partial charge on any atom is -0.414 e. The molecule has 228 valence electrons. The van der Waals surface area contributed by atoms with Crippen LogP contribution in [0.5, 0.6) is 0 Å². The maximum Gasteiger partial charge on any atom is 0.530 e. The first kappa shape index (κ1) is 30.7. The van der Waals surface area contributed by atoms with E-state index < -0.39 is 27.6 Å². The largest absolute Gasteiger partial charge is 0.530 e. The lowest BCUT2D eigenvalue weighted by atomic mass is 9.51. The van der Waals surface area contributed by atoms with Crippen LogP contribution in [0.2, 0.25) is 0 Å². The number of carbonyl (C=O) groups is 3. The Kier molecular flexibility index (Phi) is 7.65. The summed E-state index contributed by atoms with van der Waals surface area (Å²) in [4.78, 5) is 42.8. The number of benzene rings is 1. The van der Waals surface area contributed by atoms with E-state index in [1.807, 2.05) is 32.9 Å². The number of allylic oxidation sites excluding steroid dienone is 3. The van der Waals surface area contributed by atoms with E-state index in [4.69, 9.17) is 4.74 Å². The second-order valence-corrected chi connectivity index (χ2v) is 15.5. The van der Waals surface area contributed by atoms with E-state index in [9.17, 15) is 9.59 Å². The van der Waals surface area contributed by atoms with Crippen LogP contribution in [-0.4, -0.2) is 34.5 Å². The summed E-state index contributed by atoms with van der Waals surface area (Å²) < 4.78 is 5.51. The number of hydrogen-bond donors (Lipinski definition) is 1. The number of para-hydroxylation sites is 1. The molecule has 1 heterocycles. The lowest BCUT2D eigenvalue weighted by Crippen LogP contribution is -2.70. The number of quaternary nitrogens is 1. The number of piperidine rings is 1. The van der Waals surface area contributed by atoms with Crippen molar-refractivity contribution in [1.29, 1.82) is 0 Å². The van der Waals surface area contributed by atoms with Crippen molar-refractivity contribution in [3.63, 3.8) is 0 Å². The third kappa shape index (κ3) is 4.88. The predicted molar refractivity (Wildman–Crippen MR) is 167 cm³/mol. The first-order valence-electron chi connectivity index (χ1n) is 16.1. The van der Waals surface area contributed by atoms with E-state index in [2.05, 4.69) is 59.0 Å². The number of ketones is 1. The number of likely N-dealkylation sites (tertiary alicyclic amines) is 1. The Bertz CT molecular complexity index is 1320. The number of carbonyl (C=O) groups excluding carboxylic acids is 3. The highest BCUT2D eigenvalue weighted by atomic mass is 16.6.